The fourth-order valence-corrected chi connectivity index (χ4v) is 11.0. The largest absolute Gasteiger partial charge is 0.471 e. The van der Waals surface area contributed by atoms with E-state index in [1.807, 2.05) is 0 Å². The van der Waals surface area contributed by atoms with Gasteiger partial charge in [0.2, 0.25) is 0 Å². The van der Waals surface area contributed by atoms with Gasteiger partial charge in [-0.05, 0) is 86.8 Å². The second-order valence-electron chi connectivity index (χ2n) is 10.5. The number of amides is 2. The highest BCUT2D eigenvalue weighted by Gasteiger charge is 2.51. The monoisotopic (exact) mass is 708 g/mol. The van der Waals surface area contributed by atoms with Crippen LogP contribution in [0.4, 0.5) is 26.3 Å². The van der Waals surface area contributed by atoms with Gasteiger partial charge in [0, 0.05) is 23.1 Å². The molecule has 2 amide bonds. The van der Waals surface area contributed by atoms with Crippen molar-refractivity contribution >= 4 is 66.4 Å². The Kier molecular flexibility index (Phi) is 13.0. The lowest BCUT2D eigenvalue weighted by atomic mass is 9.91. The minimum atomic E-state index is -5.09. The molecule has 0 saturated heterocycles. The minimum absolute atomic E-state index is 0.223. The molecule has 0 aliphatic rings. The van der Waals surface area contributed by atoms with Gasteiger partial charge in [-0.1, -0.05) is 69.1 Å². The number of halogens is 8. The second-order valence-corrected chi connectivity index (χ2v) is 15.6. The molecule has 2 atom stereocenters. The van der Waals surface area contributed by atoms with Gasteiger partial charge < -0.3 is 9.80 Å². The number of rotatable bonds is 12. The number of carbonyl (C=O) groups excluding carboxylic acids is 2. The van der Waals surface area contributed by atoms with Gasteiger partial charge in [-0.25, -0.2) is 0 Å². The highest BCUT2D eigenvalue weighted by molar-refractivity contribution is 9.09. The van der Waals surface area contributed by atoms with Gasteiger partial charge in [0.1, 0.15) is 0 Å². The van der Waals surface area contributed by atoms with Crippen LogP contribution in [0.1, 0.15) is 63.2 Å². The van der Waals surface area contributed by atoms with Crippen LogP contribution in [-0.4, -0.2) is 58.1 Å². The maximum Gasteiger partial charge on any atom is 0.471 e. The Morgan fingerprint density at radius 1 is 0.651 bits per heavy atom. The number of likely N-dealkylation sites (N-methyl/N-ethyl adjacent to an activating group) is 2. The molecule has 2 aromatic rings. The van der Waals surface area contributed by atoms with Crippen LogP contribution < -0.4 is 0 Å². The summed E-state index contributed by atoms with van der Waals surface area (Å²) in [6.45, 7) is 8.56. The van der Waals surface area contributed by atoms with E-state index in [1.165, 1.54) is 41.5 Å². The molecule has 0 N–H and O–H groups in total. The summed E-state index contributed by atoms with van der Waals surface area (Å²) >= 11 is 12.1. The number of alkyl halides is 6. The predicted molar refractivity (Wildman–Crippen MR) is 166 cm³/mol. The van der Waals surface area contributed by atoms with Gasteiger partial charge in [-0.2, -0.15) is 26.3 Å². The summed E-state index contributed by atoms with van der Waals surface area (Å²) in [5, 5.41) is -0.655. The quantitative estimate of drug-likeness (QED) is 0.162. The highest BCUT2D eigenvalue weighted by Crippen LogP contribution is 2.57. The average molecular weight is 710 g/mol. The molecule has 0 aromatic heterocycles. The Bertz CT molecular complexity index is 1150. The van der Waals surface area contributed by atoms with Crippen LogP contribution in [0.25, 0.3) is 0 Å². The first-order valence-electron chi connectivity index (χ1n) is 13.0. The van der Waals surface area contributed by atoms with Crippen molar-refractivity contribution < 1.29 is 35.9 Å². The van der Waals surface area contributed by atoms with Crippen molar-refractivity contribution in [1.82, 2.24) is 9.80 Å². The first-order chi connectivity index (χ1) is 19.7. The lowest BCUT2D eigenvalue weighted by Gasteiger charge is -2.45. The maximum atomic E-state index is 13.6. The van der Waals surface area contributed by atoms with Crippen molar-refractivity contribution in [3.63, 3.8) is 0 Å². The van der Waals surface area contributed by atoms with Crippen LogP contribution in [0.5, 0.6) is 0 Å². The van der Waals surface area contributed by atoms with Crippen molar-refractivity contribution in [2.75, 3.05) is 13.1 Å². The molecule has 0 aliphatic carbocycles. The van der Waals surface area contributed by atoms with E-state index in [4.69, 9.17) is 23.2 Å². The Balaban J connectivity index is 2.53. The Hall–Kier alpha value is -1.41. The number of hydrogen-bond donors (Lipinski definition) is 0. The van der Waals surface area contributed by atoms with E-state index in [9.17, 15) is 35.9 Å². The number of carbonyl (C=O) groups is 2. The van der Waals surface area contributed by atoms with Crippen LogP contribution in [0.2, 0.25) is 10.0 Å². The van der Waals surface area contributed by atoms with Gasteiger partial charge in [0.05, 0.1) is 21.6 Å². The summed E-state index contributed by atoms with van der Waals surface area (Å²) in [6.07, 6.45) is -10.2. The summed E-state index contributed by atoms with van der Waals surface area (Å²) < 4.78 is 81.3. The molecule has 0 bridgehead atoms. The van der Waals surface area contributed by atoms with Crippen molar-refractivity contribution in [2.45, 2.75) is 75.5 Å². The van der Waals surface area contributed by atoms with Gasteiger partial charge in [-0.15, -0.1) is 0 Å². The summed E-state index contributed by atoms with van der Waals surface area (Å²) in [5.74, 6) is -3.97. The average Bonchev–Trinajstić information content (AvgIpc) is 2.89. The van der Waals surface area contributed by atoms with E-state index in [2.05, 4.69) is 0 Å². The van der Waals surface area contributed by atoms with Gasteiger partial charge in [0.15, 0.2) is 0 Å². The lowest BCUT2D eigenvalue weighted by Crippen LogP contribution is -2.55. The maximum absolute atomic E-state index is 13.6. The fourth-order valence-electron chi connectivity index (χ4n) is 4.75. The molecule has 2 aromatic carbocycles. The van der Waals surface area contributed by atoms with Crippen molar-refractivity contribution in [3.8, 4) is 0 Å². The highest BCUT2D eigenvalue weighted by atomic mass is 35.5. The SMILES string of the molecule is CCN(C(=O)C(F)(F)F)C(C)(C)C(SSSC(c1ccc(Cl)cc1)C(C)(C)N(CC)C(=O)C(F)(F)F)c1ccc(Cl)cc1. The smallest absolute Gasteiger partial charge is 0.329 e. The van der Waals surface area contributed by atoms with E-state index in [1.54, 1.807) is 48.5 Å². The molecule has 43 heavy (non-hydrogen) atoms. The van der Waals surface area contributed by atoms with E-state index in [0.717, 1.165) is 41.2 Å². The molecule has 0 heterocycles. The molecular formula is C28H32Cl2F6N2O2S3. The molecule has 4 nitrogen and oxygen atoms in total. The molecule has 0 radical (unpaired) electrons. The molecule has 2 rings (SSSR count). The first-order valence-corrected chi connectivity index (χ1v) is 17.3. The third kappa shape index (κ3) is 9.31. The third-order valence-electron chi connectivity index (χ3n) is 6.90. The number of hydrogen-bond acceptors (Lipinski definition) is 5. The van der Waals surface area contributed by atoms with Crippen LogP contribution in [0.15, 0.2) is 48.5 Å². The summed E-state index contributed by atoms with van der Waals surface area (Å²) in [6, 6.07) is 13.0. The molecule has 2 unspecified atom stereocenters. The van der Waals surface area contributed by atoms with Gasteiger partial charge in [0.25, 0.3) is 0 Å². The normalized spacial score (nSPS) is 14.3. The summed E-state index contributed by atoms with van der Waals surface area (Å²) in [5.41, 5.74) is -1.57. The lowest BCUT2D eigenvalue weighted by molar-refractivity contribution is -0.190. The third-order valence-corrected chi connectivity index (χ3v) is 12.7. The zero-order valence-corrected chi connectivity index (χ0v) is 28.1. The van der Waals surface area contributed by atoms with E-state index in [0.29, 0.717) is 21.2 Å². The summed E-state index contributed by atoms with van der Waals surface area (Å²) in [4.78, 5) is 26.4. The Morgan fingerprint density at radius 2 is 0.930 bits per heavy atom. The second kappa shape index (κ2) is 14.8. The van der Waals surface area contributed by atoms with Crippen molar-refractivity contribution in [1.29, 1.82) is 0 Å². The molecule has 240 valence electrons. The fraction of sp³-hybridized carbons (Fsp3) is 0.500. The van der Waals surface area contributed by atoms with E-state index >= 15 is 0 Å². The van der Waals surface area contributed by atoms with Crippen LogP contribution >= 0.6 is 54.6 Å². The zero-order chi connectivity index (χ0) is 33.0. The van der Waals surface area contributed by atoms with Gasteiger partial charge in [-0.3, -0.25) is 9.59 Å². The van der Waals surface area contributed by atoms with E-state index < -0.39 is 45.7 Å². The zero-order valence-electron chi connectivity index (χ0n) is 24.1. The Labute approximate surface area is 269 Å². The van der Waals surface area contributed by atoms with E-state index in [-0.39, 0.29) is 13.1 Å². The Morgan fingerprint density at radius 3 is 1.16 bits per heavy atom. The van der Waals surface area contributed by atoms with Crippen molar-refractivity contribution in [3.05, 3.63) is 69.7 Å². The molecule has 0 spiro atoms. The first kappa shape index (κ1) is 37.8. The molecule has 15 heteroatoms. The molecular weight excluding hydrogens is 677 g/mol. The molecule has 0 saturated carbocycles. The number of nitrogens with zero attached hydrogens (tertiary/aromatic N) is 2. The van der Waals surface area contributed by atoms with Crippen molar-refractivity contribution in [2.24, 2.45) is 0 Å². The van der Waals surface area contributed by atoms with Gasteiger partial charge >= 0.3 is 24.2 Å². The molecule has 0 fully saturated rings. The van der Waals surface area contributed by atoms with Crippen LogP contribution in [0, 0.1) is 0 Å². The van der Waals surface area contributed by atoms with Crippen LogP contribution in [0.3, 0.4) is 0 Å². The standard InChI is InChI=1S/C28H32Cl2F6N2O2S3/c1-7-37(23(39)27(31,32)33)25(3,4)21(17-9-13-19(29)14-10-17)41-43-42-22(18-11-15-20(30)16-12-18)26(5,6)38(8-2)24(40)28(34,35)36/h9-16,21-22H,7-8H2,1-6H3. The molecule has 0 aliphatic heterocycles. The topological polar surface area (TPSA) is 40.6 Å². The minimum Gasteiger partial charge on any atom is -0.329 e. The summed E-state index contributed by atoms with van der Waals surface area (Å²) in [7, 11) is 3.46. The van der Waals surface area contributed by atoms with Crippen LogP contribution in [-0.2, 0) is 9.59 Å². The number of benzene rings is 2. The predicted octanol–water partition coefficient (Wildman–Crippen LogP) is 10.2.